The van der Waals surface area contributed by atoms with Gasteiger partial charge in [-0.15, -0.1) is 0 Å². The predicted molar refractivity (Wildman–Crippen MR) is 71.7 cm³/mol. The average Bonchev–Trinajstić information content (AvgIpc) is 2.49. The quantitative estimate of drug-likeness (QED) is 0.673. The Hall–Kier alpha value is -2.48. The maximum atomic E-state index is 4.45. The molecule has 1 aromatic heterocycles. The zero-order chi connectivity index (χ0) is 12.2. The molecular weight excluding hydrogens is 220 g/mol. The third-order valence-corrected chi connectivity index (χ3v) is 2.74. The summed E-state index contributed by atoms with van der Waals surface area (Å²) in [5.41, 5.74) is 3.94. The second-order valence-corrected chi connectivity index (χ2v) is 3.91. The van der Waals surface area contributed by atoms with E-state index in [0.29, 0.717) is 0 Å². The van der Waals surface area contributed by atoms with Gasteiger partial charge in [-0.25, -0.2) is 0 Å². The van der Waals surface area contributed by atoms with Gasteiger partial charge in [-0.2, -0.15) is 0 Å². The van der Waals surface area contributed by atoms with Gasteiger partial charge < -0.3 is 0 Å². The molecule has 0 aliphatic carbocycles. The summed E-state index contributed by atoms with van der Waals surface area (Å²) >= 11 is 0. The van der Waals surface area contributed by atoms with Crippen molar-refractivity contribution in [3.05, 3.63) is 73.1 Å². The van der Waals surface area contributed by atoms with E-state index in [1.54, 1.807) is 12.4 Å². The lowest BCUT2D eigenvalue weighted by atomic mass is 10.0. The maximum absolute atomic E-state index is 4.45. The molecule has 0 unspecified atom stereocenters. The van der Waals surface area contributed by atoms with Gasteiger partial charge in [0.15, 0.2) is 0 Å². The Morgan fingerprint density at radius 2 is 1.22 bits per heavy atom. The third-order valence-electron chi connectivity index (χ3n) is 2.74. The number of hydrogen-bond donors (Lipinski definition) is 0. The molecule has 0 amide bonds. The molecule has 0 saturated carbocycles. The maximum Gasteiger partial charge on any atom is 0.0965 e. The first-order valence-corrected chi connectivity index (χ1v) is 5.78. The summed E-state index contributed by atoms with van der Waals surface area (Å²) in [5.74, 6) is 0. The zero-order valence-corrected chi connectivity index (χ0v) is 9.75. The average molecular weight is 231 g/mol. The first-order valence-electron chi connectivity index (χ1n) is 5.78. The van der Waals surface area contributed by atoms with Crippen LogP contribution in [0.15, 0.2) is 67.0 Å². The Kier molecular flexibility index (Phi) is 2.84. The lowest BCUT2D eigenvalue weighted by Gasteiger charge is -2.07. The van der Waals surface area contributed by atoms with Gasteiger partial charge >= 0.3 is 0 Å². The van der Waals surface area contributed by atoms with Gasteiger partial charge in [-0.05, 0) is 6.07 Å². The molecule has 0 aliphatic heterocycles. The van der Waals surface area contributed by atoms with Gasteiger partial charge in [0, 0.05) is 23.5 Å². The molecule has 0 fully saturated rings. The van der Waals surface area contributed by atoms with Crippen LogP contribution in [0.25, 0.3) is 22.5 Å². The number of aromatic nitrogens is 2. The lowest BCUT2D eigenvalue weighted by Crippen LogP contribution is -1.91. The molecule has 2 nitrogen and oxygen atoms in total. The standard InChI is InChI=1S/C16H11N2/c1-3-7-13(8-4-1)15-16(18-12-11-17-15)14-9-5-2-6-10-14/h1,3-12H. The van der Waals surface area contributed by atoms with Gasteiger partial charge in [0.05, 0.1) is 11.4 Å². The molecule has 2 heteroatoms. The van der Waals surface area contributed by atoms with E-state index in [2.05, 4.69) is 16.0 Å². The van der Waals surface area contributed by atoms with Crippen LogP contribution >= 0.6 is 0 Å². The van der Waals surface area contributed by atoms with Crippen molar-refractivity contribution in [3.8, 4) is 22.5 Å². The molecule has 1 radical (unpaired) electrons. The predicted octanol–water partition coefficient (Wildman–Crippen LogP) is 3.61. The zero-order valence-electron chi connectivity index (χ0n) is 9.75. The van der Waals surface area contributed by atoms with Crippen LogP contribution in [0, 0.1) is 6.07 Å². The largest absolute Gasteiger partial charge is 0.252 e. The van der Waals surface area contributed by atoms with E-state index in [9.17, 15) is 0 Å². The fourth-order valence-electron chi connectivity index (χ4n) is 1.90. The number of nitrogens with zero attached hydrogens (tertiary/aromatic N) is 2. The Labute approximate surface area is 106 Å². The number of benzene rings is 2. The highest BCUT2D eigenvalue weighted by Crippen LogP contribution is 2.27. The molecule has 3 aromatic rings. The molecule has 0 bridgehead atoms. The van der Waals surface area contributed by atoms with Crippen molar-refractivity contribution >= 4 is 0 Å². The molecular formula is C16H11N2. The summed E-state index contributed by atoms with van der Waals surface area (Å²) < 4.78 is 0. The highest BCUT2D eigenvalue weighted by Gasteiger charge is 2.08. The Morgan fingerprint density at radius 3 is 1.83 bits per heavy atom. The van der Waals surface area contributed by atoms with Crippen LogP contribution in [-0.2, 0) is 0 Å². The molecule has 18 heavy (non-hydrogen) atoms. The van der Waals surface area contributed by atoms with Crippen LogP contribution in [0.5, 0.6) is 0 Å². The normalized spacial score (nSPS) is 10.2. The van der Waals surface area contributed by atoms with Crippen molar-refractivity contribution in [2.24, 2.45) is 0 Å². The van der Waals surface area contributed by atoms with Crippen LogP contribution < -0.4 is 0 Å². The first kappa shape index (κ1) is 10.7. The van der Waals surface area contributed by atoms with E-state index < -0.39 is 0 Å². The Balaban J connectivity index is 2.18. The summed E-state index contributed by atoms with van der Waals surface area (Å²) in [6.45, 7) is 0. The van der Waals surface area contributed by atoms with E-state index in [1.165, 1.54) is 0 Å². The molecule has 85 valence electrons. The minimum atomic E-state index is 0.901. The van der Waals surface area contributed by atoms with Crippen molar-refractivity contribution in [1.82, 2.24) is 9.97 Å². The summed E-state index contributed by atoms with van der Waals surface area (Å²) in [7, 11) is 0. The van der Waals surface area contributed by atoms with Crippen LogP contribution in [0.4, 0.5) is 0 Å². The van der Waals surface area contributed by atoms with E-state index in [-0.39, 0.29) is 0 Å². The monoisotopic (exact) mass is 231 g/mol. The summed E-state index contributed by atoms with van der Waals surface area (Å²) in [5, 5.41) is 0. The SMILES string of the molecule is [c]1ccc(-c2nccnc2-c2ccccc2)cc1. The van der Waals surface area contributed by atoms with Crippen LogP contribution in [0.3, 0.4) is 0 Å². The fourth-order valence-corrected chi connectivity index (χ4v) is 1.90. The molecule has 0 saturated heterocycles. The van der Waals surface area contributed by atoms with E-state index in [1.807, 2.05) is 54.6 Å². The van der Waals surface area contributed by atoms with Crippen molar-refractivity contribution in [2.45, 2.75) is 0 Å². The van der Waals surface area contributed by atoms with Gasteiger partial charge in [-0.3, -0.25) is 9.97 Å². The molecule has 3 rings (SSSR count). The van der Waals surface area contributed by atoms with Gasteiger partial charge in [0.2, 0.25) is 0 Å². The topological polar surface area (TPSA) is 25.8 Å². The Bertz CT molecular complexity index is 575. The van der Waals surface area contributed by atoms with Gasteiger partial charge in [-0.1, -0.05) is 54.6 Å². The molecule has 0 N–H and O–H groups in total. The van der Waals surface area contributed by atoms with Crippen LogP contribution in [0.2, 0.25) is 0 Å². The van der Waals surface area contributed by atoms with Crippen molar-refractivity contribution in [3.63, 3.8) is 0 Å². The van der Waals surface area contributed by atoms with E-state index in [0.717, 1.165) is 22.5 Å². The summed E-state index contributed by atoms with van der Waals surface area (Å²) in [6, 6.07) is 20.9. The molecule has 0 atom stereocenters. The smallest absolute Gasteiger partial charge is 0.0965 e. The molecule has 0 spiro atoms. The van der Waals surface area contributed by atoms with Gasteiger partial charge in [0.1, 0.15) is 0 Å². The minimum absolute atomic E-state index is 0.901. The van der Waals surface area contributed by atoms with Crippen molar-refractivity contribution in [1.29, 1.82) is 0 Å². The van der Waals surface area contributed by atoms with E-state index in [4.69, 9.17) is 0 Å². The van der Waals surface area contributed by atoms with Gasteiger partial charge in [0.25, 0.3) is 0 Å². The molecule has 1 heterocycles. The van der Waals surface area contributed by atoms with Crippen LogP contribution in [0.1, 0.15) is 0 Å². The molecule has 2 aromatic carbocycles. The minimum Gasteiger partial charge on any atom is -0.252 e. The lowest BCUT2D eigenvalue weighted by molar-refractivity contribution is 1.21. The fraction of sp³-hybridized carbons (Fsp3) is 0. The second-order valence-electron chi connectivity index (χ2n) is 3.91. The van der Waals surface area contributed by atoms with Crippen LogP contribution in [-0.4, -0.2) is 9.97 Å². The molecule has 0 aliphatic rings. The second kappa shape index (κ2) is 4.80. The van der Waals surface area contributed by atoms with E-state index >= 15 is 0 Å². The highest BCUT2D eigenvalue weighted by atomic mass is 14.8. The third kappa shape index (κ3) is 2.00. The number of hydrogen-bond acceptors (Lipinski definition) is 2. The Morgan fingerprint density at radius 1 is 0.667 bits per heavy atom. The summed E-state index contributed by atoms with van der Waals surface area (Å²) in [6.07, 6.45) is 3.44. The number of rotatable bonds is 2. The van der Waals surface area contributed by atoms with Crippen molar-refractivity contribution in [2.75, 3.05) is 0 Å². The van der Waals surface area contributed by atoms with Crippen molar-refractivity contribution < 1.29 is 0 Å². The highest BCUT2D eigenvalue weighted by molar-refractivity contribution is 5.77. The summed E-state index contributed by atoms with van der Waals surface area (Å²) in [4.78, 5) is 8.90. The first-order chi connectivity index (χ1) is 8.95.